The van der Waals surface area contributed by atoms with Crippen LogP contribution in [0.5, 0.6) is 11.6 Å². The van der Waals surface area contributed by atoms with E-state index in [9.17, 15) is 0 Å². The van der Waals surface area contributed by atoms with Gasteiger partial charge in [0, 0.05) is 11.9 Å². The van der Waals surface area contributed by atoms with Crippen LogP contribution in [0.15, 0.2) is 54.6 Å². The van der Waals surface area contributed by atoms with Crippen molar-refractivity contribution in [3.05, 3.63) is 65.9 Å². The Morgan fingerprint density at radius 1 is 1.05 bits per heavy atom. The van der Waals surface area contributed by atoms with Crippen molar-refractivity contribution in [2.75, 3.05) is 0 Å². The van der Waals surface area contributed by atoms with Gasteiger partial charge in [0.1, 0.15) is 5.75 Å². The SMILES string of the molecule is CCc1ccccc1Oc1nc(CN)cc2ccccc12. The minimum absolute atomic E-state index is 0.399. The number of para-hydroxylation sites is 1. The topological polar surface area (TPSA) is 48.1 Å². The molecule has 0 aliphatic rings. The van der Waals surface area contributed by atoms with Crippen molar-refractivity contribution in [1.82, 2.24) is 4.98 Å². The highest BCUT2D eigenvalue weighted by molar-refractivity contribution is 5.87. The van der Waals surface area contributed by atoms with Gasteiger partial charge in [0.2, 0.25) is 5.88 Å². The fraction of sp³-hybridized carbons (Fsp3) is 0.167. The number of hydrogen-bond acceptors (Lipinski definition) is 3. The lowest BCUT2D eigenvalue weighted by molar-refractivity contribution is 0.462. The van der Waals surface area contributed by atoms with Gasteiger partial charge in [0.05, 0.1) is 5.69 Å². The van der Waals surface area contributed by atoms with Gasteiger partial charge in [-0.25, -0.2) is 4.98 Å². The Morgan fingerprint density at radius 3 is 2.62 bits per heavy atom. The number of nitrogens with two attached hydrogens (primary N) is 1. The van der Waals surface area contributed by atoms with Crippen molar-refractivity contribution in [2.24, 2.45) is 5.73 Å². The number of pyridine rings is 1. The maximum atomic E-state index is 6.09. The average molecular weight is 278 g/mol. The lowest BCUT2D eigenvalue weighted by Crippen LogP contribution is -2.02. The number of rotatable bonds is 4. The molecule has 3 heteroatoms. The lowest BCUT2D eigenvalue weighted by Gasteiger charge is -2.12. The molecule has 0 saturated carbocycles. The molecule has 0 bridgehead atoms. The molecule has 1 heterocycles. The summed E-state index contributed by atoms with van der Waals surface area (Å²) in [6, 6.07) is 18.1. The first-order valence-corrected chi connectivity index (χ1v) is 7.16. The quantitative estimate of drug-likeness (QED) is 0.783. The summed E-state index contributed by atoms with van der Waals surface area (Å²) in [6.07, 6.45) is 0.921. The average Bonchev–Trinajstić information content (AvgIpc) is 2.55. The molecule has 2 aromatic carbocycles. The third-order valence-corrected chi connectivity index (χ3v) is 3.53. The molecule has 21 heavy (non-hydrogen) atoms. The van der Waals surface area contributed by atoms with E-state index in [1.165, 1.54) is 5.56 Å². The van der Waals surface area contributed by atoms with E-state index in [2.05, 4.69) is 24.0 Å². The van der Waals surface area contributed by atoms with E-state index in [0.717, 1.165) is 28.6 Å². The van der Waals surface area contributed by atoms with E-state index in [0.29, 0.717) is 12.4 Å². The second-order valence-corrected chi connectivity index (χ2v) is 4.91. The van der Waals surface area contributed by atoms with Gasteiger partial charge in [0.25, 0.3) is 0 Å². The van der Waals surface area contributed by atoms with Crippen LogP contribution in [0.3, 0.4) is 0 Å². The standard InChI is InChI=1S/C18H18N2O/c1-2-13-7-4-6-10-17(13)21-18-16-9-5-3-8-14(16)11-15(12-19)20-18/h3-11H,2,12,19H2,1H3. The largest absolute Gasteiger partial charge is 0.438 e. The van der Waals surface area contributed by atoms with Crippen molar-refractivity contribution in [3.63, 3.8) is 0 Å². The zero-order valence-electron chi connectivity index (χ0n) is 12.0. The van der Waals surface area contributed by atoms with Crippen LogP contribution in [0.4, 0.5) is 0 Å². The number of nitrogens with zero attached hydrogens (tertiary/aromatic N) is 1. The molecule has 0 fully saturated rings. The molecule has 3 aromatic rings. The zero-order valence-corrected chi connectivity index (χ0v) is 12.0. The Morgan fingerprint density at radius 2 is 1.81 bits per heavy atom. The normalized spacial score (nSPS) is 10.8. The summed E-state index contributed by atoms with van der Waals surface area (Å²) in [5.41, 5.74) is 7.74. The Kier molecular flexibility index (Phi) is 3.84. The van der Waals surface area contributed by atoms with Gasteiger partial charge in [0.15, 0.2) is 0 Å². The zero-order chi connectivity index (χ0) is 14.7. The second kappa shape index (κ2) is 5.94. The van der Waals surface area contributed by atoms with Crippen LogP contribution in [-0.2, 0) is 13.0 Å². The first kappa shape index (κ1) is 13.6. The first-order valence-electron chi connectivity index (χ1n) is 7.16. The van der Waals surface area contributed by atoms with Gasteiger partial charge in [-0.1, -0.05) is 43.3 Å². The molecule has 0 saturated heterocycles. The van der Waals surface area contributed by atoms with E-state index < -0.39 is 0 Å². The van der Waals surface area contributed by atoms with Gasteiger partial charge in [-0.3, -0.25) is 0 Å². The van der Waals surface area contributed by atoms with Crippen molar-refractivity contribution in [2.45, 2.75) is 19.9 Å². The minimum Gasteiger partial charge on any atom is -0.438 e. The molecule has 3 rings (SSSR count). The molecule has 0 aliphatic heterocycles. The monoisotopic (exact) mass is 278 g/mol. The highest BCUT2D eigenvalue weighted by atomic mass is 16.5. The second-order valence-electron chi connectivity index (χ2n) is 4.91. The maximum Gasteiger partial charge on any atom is 0.227 e. The molecule has 0 radical (unpaired) electrons. The molecule has 0 unspecified atom stereocenters. The third kappa shape index (κ3) is 2.73. The van der Waals surface area contributed by atoms with Gasteiger partial charge in [-0.2, -0.15) is 0 Å². The highest BCUT2D eigenvalue weighted by Gasteiger charge is 2.09. The Labute approximate surface area is 124 Å². The summed E-state index contributed by atoms with van der Waals surface area (Å²) < 4.78 is 6.09. The molecular weight excluding hydrogens is 260 g/mol. The molecule has 2 N–H and O–H groups in total. The number of fused-ring (bicyclic) bond motifs is 1. The smallest absolute Gasteiger partial charge is 0.227 e. The Balaban J connectivity index is 2.11. The maximum absolute atomic E-state index is 6.09. The number of hydrogen-bond donors (Lipinski definition) is 1. The summed E-state index contributed by atoms with van der Waals surface area (Å²) in [5.74, 6) is 1.47. The van der Waals surface area contributed by atoms with Crippen LogP contribution < -0.4 is 10.5 Å². The van der Waals surface area contributed by atoms with Gasteiger partial charge < -0.3 is 10.5 Å². The van der Waals surface area contributed by atoms with Gasteiger partial charge >= 0.3 is 0 Å². The van der Waals surface area contributed by atoms with E-state index in [1.54, 1.807) is 0 Å². The van der Waals surface area contributed by atoms with Crippen LogP contribution in [0.25, 0.3) is 10.8 Å². The number of aryl methyl sites for hydroxylation is 1. The fourth-order valence-electron chi connectivity index (χ4n) is 2.40. The van der Waals surface area contributed by atoms with Gasteiger partial charge in [-0.05, 0) is 35.6 Å². The Hall–Kier alpha value is -2.39. The molecule has 3 nitrogen and oxygen atoms in total. The molecule has 0 amide bonds. The summed E-state index contributed by atoms with van der Waals surface area (Å²) in [4.78, 5) is 4.54. The Bertz CT molecular complexity index is 768. The van der Waals surface area contributed by atoms with Crippen molar-refractivity contribution in [1.29, 1.82) is 0 Å². The fourth-order valence-corrected chi connectivity index (χ4v) is 2.40. The molecule has 0 aliphatic carbocycles. The summed E-state index contributed by atoms with van der Waals surface area (Å²) in [5, 5.41) is 2.09. The lowest BCUT2D eigenvalue weighted by atomic mass is 10.1. The minimum atomic E-state index is 0.399. The number of benzene rings is 2. The number of ether oxygens (including phenoxy) is 1. The molecule has 0 spiro atoms. The molecular formula is C18H18N2O. The third-order valence-electron chi connectivity index (χ3n) is 3.53. The predicted molar refractivity (Wildman–Crippen MR) is 85.5 cm³/mol. The van der Waals surface area contributed by atoms with Crippen LogP contribution in [0, 0.1) is 0 Å². The van der Waals surface area contributed by atoms with Gasteiger partial charge in [-0.15, -0.1) is 0 Å². The van der Waals surface area contributed by atoms with E-state index >= 15 is 0 Å². The summed E-state index contributed by atoms with van der Waals surface area (Å²) in [6.45, 7) is 2.51. The highest BCUT2D eigenvalue weighted by Crippen LogP contribution is 2.30. The van der Waals surface area contributed by atoms with Crippen LogP contribution >= 0.6 is 0 Å². The van der Waals surface area contributed by atoms with E-state index in [4.69, 9.17) is 10.5 Å². The van der Waals surface area contributed by atoms with Crippen molar-refractivity contribution in [3.8, 4) is 11.6 Å². The summed E-state index contributed by atoms with van der Waals surface area (Å²) >= 11 is 0. The van der Waals surface area contributed by atoms with Crippen molar-refractivity contribution < 1.29 is 4.74 Å². The van der Waals surface area contributed by atoms with Crippen LogP contribution in [0.2, 0.25) is 0 Å². The number of aromatic nitrogens is 1. The first-order chi connectivity index (χ1) is 10.3. The van der Waals surface area contributed by atoms with E-state index in [-0.39, 0.29) is 0 Å². The summed E-state index contributed by atoms with van der Waals surface area (Å²) in [7, 11) is 0. The van der Waals surface area contributed by atoms with Crippen molar-refractivity contribution >= 4 is 10.8 Å². The molecule has 106 valence electrons. The molecule has 1 aromatic heterocycles. The van der Waals surface area contributed by atoms with Crippen LogP contribution in [0.1, 0.15) is 18.2 Å². The van der Waals surface area contributed by atoms with E-state index in [1.807, 2.05) is 42.5 Å². The predicted octanol–water partition coefficient (Wildman–Crippen LogP) is 4.05. The van der Waals surface area contributed by atoms with Crippen LogP contribution in [-0.4, -0.2) is 4.98 Å². The molecule has 0 atom stereocenters.